The number of Topliss-reactive ketones (excluding diaryl/α,β-unsaturated/α-hetero) is 1. The molecule has 0 spiro atoms. The van der Waals surface area contributed by atoms with Crippen molar-refractivity contribution >= 4 is 29.1 Å². The lowest BCUT2D eigenvalue weighted by atomic mass is 9.94. The molecule has 0 saturated carbocycles. The van der Waals surface area contributed by atoms with Crippen LogP contribution in [0.1, 0.15) is 53.9 Å². The highest BCUT2D eigenvalue weighted by Crippen LogP contribution is 2.42. The summed E-state index contributed by atoms with van der Waals surface area (Å²) in [6, 6.07) is 19.8. The normalized spacial score (nSPS) is 16.7. The van der Waals surface area contributed by atoms with Gasteiger partial charge in [-0.25, -0.2) is 4.79 Å². The molecule has 1 aliphatic heterocycles. The molecular formula is C31H31NO6. The minimum atomic E-state index is -0.908. The Morgan fingerprint density at radius 2 is 1.66 bits per heavy atom. The second kappa shape index (κ2) is 11.3. The number of rotatable bonds is 8. The van der Waals surface area contributed by atoms with Gasteiger partial charge in [0.2, 0.25) is 0 Å². The Morgan fingerprint density at radius 3 is 2.32 bits per heavy atom. The topological polar surface area (TPSA) is 93.1 Å². The van der Waals surface area contributed by atoms with E-state index >= 15 is 0 Å². The summed E-state index contributed by atoms with van der Waals surface area (Å²) >= 11 is 0. The number of carbonyl (C=O) groups excluding carboxylic acids is 3. The van der Waals surface area contributed by atoms with Crippen LogP contribution in [0.15, 0.2) is 78.4 Å². The number of carbonyl (C=O) groups is 3. The molecule has 3 aromatic carbocycles. The monoisotopic (exact) mass is 513 g/mol. The van der Waals surface area contributed by atoms with E-state index in [1.807, 2.05) is 45.0 Å². The van der Waals surface area contributed by atoms with Crippen LogP contribution < -0.4 is 9.64 Å². The molecule has 7 heteroatoms. The first kappa shape index (κ1) is 26.7. The number of aliphatic hydroxyl groups excluding tert-OH is 1. The first-order valence-electron chi connectivity index (χ1n) is 12.6. The van der Waals surface area contributed by atoms with Gasteiger partial charge in [-0.3, -0.25) is 14.5 Å². The van der Waals surface area contributed by atoms with Crippen LogP contribution in [0.25, 0.3) is 5.76 Å². The highest BCUT2D eigenvalue weighted by atomic mass is 16.5. The summed E-state index contributed by atoms with van der Waals surface area (Å²) in [5, 5.41) is 11.4. The number of anilines is 1. The smallest absolute Gasteiger partial charge is 0.337 e. The second-order valence-corrected chi connectivity index (χ2v) is 9.54. The van der Waals surface area contributed by atoms with E-state index in [9.17, 15) is 19.5 Å². The van der Waals surface area contributed by atoms with Crippen LogP contribution in [-0.2, 0) is 20.7 Å². The van der Waals surface area contributed by atoms with E-state index in [2.05, 4.69) is 0 Å². The average Bonchev–Trinajstić information content (AvgIpc) is 3.21. The number of ether oxygens (including phenoxy) is 2. The fourth-order valence-electron chi connectivity index (χ4n) is 4.40. The summed E-state index contributed by atoms with van der Waals surface area (Å²) in [6.45, 7) is 6.59. The third-order valence-corrected chi connectivity index (χ3v) is 6.38. The summed E-state index contributed by atoms with van der Waals surface area (Å²) in [6.07, 6.45) is 0.824. The van der Waals surface area contributed by atoms with Gasteiger partial charge in [-0.05, 0) is 53.8 Å². The highest BCUT2D eigenvalue weighted by molar-refractivity contribution is 6.51. The van der Waals surface area contributed by atoms with Gasteiger partial charge in [0, 0.05) is 11.3 Å². The van der Waals surface area contributed by atoms with Crippen LogP contribution in [-0.4, -0.2) is 36.5 Å². The molecule has 0 radical (unpaired) electrons. The Bertz CT molecular complexity index is 1390. The van der Waals surface area contributed by atoms with E-state index < -0.39 is 23.7 Å². The van der Waals surface area contributed by atoms with Gasteiger partial charge in [0.15, 0.2) is 0 Å². The number of nitrogens with zero attached hydrogens (tertiary/aromatic N) is 1. The van der Waals surface area contributed by atoms with Crippen LogP contribution in [0.4, 0.5) is 5.69 Å². The number of hydrogen-bond donors (Lipinski definition) is 1. The third-order valence-electron chi connectivity index (χ3n) is 6.38. The van der Waals surface area contributed by atoms with Crippen LogP contribution in [0.2, 0.25) is 0 Å². The van der Waals surface area contributed by atoms with Gasteiger partial charge < -0.3 is 14.6 Å². The second-order valence-electron chi connectivity index (χ2n) is 9.54. The lowest BCUT2D eigenvalue weighted by Gasteiger charge is -2.26. The molecule has 4 rings (SSSR count). The quantitative estimate of drug-likeness (QED) is 0.180. The standard InChI is InChI=1S/C31H31NO6/c1-5-20-12-14-21(15-13-20)27-26(28(33)22-8-7-11-25(17-22)38-18-19(2)3)29(34)30(35)32(27)24-10-6-9-23(16-24)31(36)37-4/h6-17,19,27,33H,5,18H2,1-4H3/b28-26+. The van der Waals surface area contributed by atoms with E-state index in [1.54, 1.807) is 42.5 Å². The molecule has 1 fully saturated rings. The SMILES string of the molecule is CCc1ccc(C2/C(=C(\O)c3cccc(OCC(C)C)c3)C(=O)C(=O)N2c2cccc(C(=O)OC)c2)cc1. The highest BCUT2D eigenvalue weighted by Gasteiger charge is 2.47. The summed E-state index contributed by atoms with van der Waals surface area (Å²) < 4.78 is 10.6. The zero-order valence-corrected chi connectivity index (χ0v) is 21.9. The maximum atomic E-state index is 13.5. The maximum absolute atomic E-state index is 13.5. The molecule has 1 aliphatic rings. The molecular weight excluding hydrogens is 482 g/mol. The number of benzene rings is 3. The molecule has 0 bridgehead atoms. The summed E-state index contributed by atoms with van der Waals surface area (Å²) in [7, 11) is 1.27. The van der Waals surface area contributed by atoms with Crippen molar-refractivity contribution in [1.29, 1.82) is 0 Å². The van der Waals surface area contributed by atoms with Gasteiger partial charge in [0.25, 0.3) is 11.7 Å². The molecule has 38 heavy (non-hydrogen) atoms. The Balaban J connectivity index is 1.87. The molecule has 0 aromatic heterocycles. The average molecular weight is 514 g/mol. The number of aryl methyl sites for hydroxylation is 1. The van der Waals surface area contributed by atoms with Crippen molar-refractivity contribution < 1.29 is 29.0 Å². The molecule has 1 amide bonds. The van der Waals surface area contributed by atoms with Gasteiger partial charge in [0.05, 0.1) is 30.9 Å². The lowest BCUT2D eigenvalue weighted by molar-refractivity contribution is -0.132. The molecule has 3 aromatic rings. The Morgan fingerprint density at radius 1 is 0.974 bits per heavy atom. The molecule has 1 heterocycles. The van der Waals surface area contributed by atoms with Gasteiger partial charge in [-0.2, -0.15) is 0 Å². The fourth-order valence-corrected chi connectivity index (χ4v) is 4.40. The van der Waals surface area contributed by atoms with Crippen LogP contribution >= 0.6 is 0 Å². The van der Waals surface area contributed by atoms with Gasteiger partial charge in [-0.1, -0.05) is 63.2 Å². The Kier molecular flexibility index (Phi) is 7.96. The molecule has 1 unspecified atom stereocenters. The van der Waals surface area contributed by atoms with E-state index in [1.165, 1.54) is 18.1 Å². The summed E-state index contributed by atoms with van der Waals surface area (Å²) in [5.74, 6) is -1.62. The summed E-state index contributed by atoms with van der Waals surface area (Å²) in [5.41, 5.74) is 2.65. The number of aliphatic hydroxyl groups is 1. The van der Waals surface area contributed by atoms with Gasteiger partial charge in [-0.15, -0.1) is 0 Å². The van der Waals surface area contributed by atoms with Crippen LogP contribution in [0.5, 0.6) is 5.75 Å². The minimum Gasteiger partial charge on any atom is -0.507 e. The largest absolute Gasteiger partial charge is 0.507 e. The predicted molar refractivity (Wildman–Crippen MR) is 145 cm³/mol. The third kappa shape index (κ3) is 5.32. The number of methoxy groups -OCH3 is 1. The number of ketones is 1. The predicted octanol–water partition coefficient (Wildman–Crippen LogP) is 5.70. The molecule has 1 saturated heterocycles. The van der Waals surface area contributed by atoms with Crippen molar-refractivity contribution in [1.82, 2.24) is 0 Å². The zero-order chi connectivity index (χ0) is 27.4. The van der Waals surface area contributed by atoms with Crippen LogP contribution in [0, 0.1) is 5.92 Å². The Hall–Kier alpha value is -4.39. The lowest BCUT2D eigenvalue weighted by Crippen LogP contribution is -2.29. The molecule has 196 valence electrons. The molecule has 7 nitrogen and oxygen atoms in total. The van der Waals surface area contributed by atoms with E-state index in [4.69, 9.17) is 9.47 Å². The van der Waals surface area contributed by atoms with Crippen molar-refractivity contribution in [2.75, 3.05) is 18.6 Å². The number of esters is 1. The number of amides is 1. The maximum Gasteiger partial charge on any atom is 0.337 e. The fraction of sp³-hybridized carbons (Fsp3) is 0.258. The van der Waals surface area contributed by atoms with Crippen molar-refractivity contribution in [3.8, 4) is 5.75 Å². The molecule has 1 atom stereocenters. The molecule has 1 N–H and O–H groups in total. The minimum absolute atomic E-state index is 0.0382. The van der Waals surface area contributed by atoms with E-state index in [0.717, 1.165) is 12.0 Å². The van der Waals surface area contributed by atoms with Crippen LogP contribution in [0.3, 0.4) is 0 Å². The van der Waals surface area contributed by atoms with Crippen molar-refractivity contribution in [2.45, 2.75) is 33.2 Å². The van der Waals surface area contributed by atoms with Gasteiger partial charge >= 0.3 is 5.97 Å². The van der Waals surface area contributed by atoms with E-state index in [0.29, 0.717) is 35.1 Å². The summed E-state index contributed by atoms with van der Waals surface area (Å²) in [4.78, 5) is 40.4. The number of hydrogen-bond acceptors (Lipinski definition) is 6. The van der Waals surface area contributed by atoms with Crippen molar-refractivity contribution in [2.24, 2.45) is 5.92 Å². The van der Waals surface area contributed by atoms with Crippen molar-refractivity contribution in [3.63, 3.8) is 0 Å². The first-order chi connectivity index (χ1) is 18.2. The zero-order valence-electron chi connectivity index (χ0n) is 21.9. The Labute approximate surface area is 222 Å². The first-order valence-corrected chi connectivity index (χ1v) is 12.6. The molecule has 0 aliphatic carbocycles. The van der Waals surface area contributed by atoms with Crippen molar-refractivity contribution in [3.05, 3.63) is 101 Å². The van der Waals surface area contributed by atoms with E-state index in [-0.39, 0.29) is 16.9 Å². The van der Waals surface area contributed by atoms with Gasteiger partial charge in [0.1, 0.15) is 11.5 Å².